The molecule has 0 fully saturated rings. The summed E-state index contributed by atoms with van der Waals surface area (Å²) in [6.07, 6.45) is 1.52. The Bertz CT molecular complexity index is 606. The van der Waals surface area contributed by atoms with Crippen molar-refractivity contribution in [3.05, 3.63) is 47.4 Å². The number of aromatic nitrogens is 2. The van der Waals surface area contributed by atoms with E-state index < -0.39 is 0 Å². The Kier molecular flexibility index (Phi) is 2.27. The van der Waals surface area contributed by atoms with Crippen molar-refractivity contribution in [2.75, 3.05) is 0 Å². The van der Waals surface area contributed by atoms with Crippen molar-refractivity contribution in [2.24, 2.45) is 0 Å². The van der Waals surface area contributed by atoms with Gasteiger partial charge in [-0.15, -0.1) is 11.3 Å². The van der Waals surface area contributed by atoms with E-state index in [4.69, 9.17) is 4.74 Å². The molecule has 4 heteroatoms. The lowest BCUT2D eigenvalue weighted by atomic mass is 10.3. The van der Waals surface area contributed by atoms with E-state index in [9.17, 15) is 0 Å². The maximum absolute atomic E-state index is 5.71. The van der Waals surface area contributed by atoms with E-state index in [1.165, 1.54) is 6.33 Å². The molecule has 78 valence electrons. The zero-order chi connectivity index (χ0) is 10.8. The molecule has 0 saturated carbocycles. The Balaban J connectivity index is 2.04. The van der Waals surface area contributed by atoms with Crippen LogP contribution in [0, 0.1) is 0 Å². The van der Waals surface area contributed by atoms with Crippen LogP contribution in [0.25, 0.3) is 10.9 Å². The molecule has 3 nitrogen and oxygen atoms in total. The number of ether oxygens (including phenoxy) is 1. The molecule has 3 rings (SSSR count). The quantitative estimate of drug-likeness (QED) is 0.673. The molecule has 0 N–H and O–H groups in total. The Morgan fingerprint density at radius 1 is 1.00 bits per heavy atom. The molecule has 0 bridgehead atoms. The first-order chi connectivity index (χ1) is 7.93. The predicted octanol–water partition coefficient (Wildman–Crippen LogP) is 3.48. The number of benzene rings is 1. The summed E-state index contributed by atoms with van der Waals surface area (Å²) in [6, 6.07) is 9.62. The highest BCUT2D eigenvalue weighted by Gasteiger charge is 2.05. The zero-order valence-electron chi connectivity index (χ0n) is 8.33. The van der Waals surface area contributed by atoms with Crippen molar-refractivity contribution in [2.45, 2.75) is 0 Å². The summed E-state index contributed by atoms with van der Waals surface area (Å²) in [5.41, 5.74) is 0.922. The van der Waals surface area contributed by atoms with Crippen LogP contribution in [0.15, 0.2) is 47.4 Å². The van der Waals surface area contributed by atoms with Crippen LogP contribution < -0.4 is 4.74 Å². The normalized spacial score (nSPS) is 10.5. The highest BCUT2D eigenvalue weighted by molar-refractivity contribution is 7.09. The van der Waals surface area contributed by atoms with Gasteiger partial charge in [-0.1, -0.05) is 18.2 Å². The number of thiophene rings is 1. The molecule has 16 heavy (non-hydrogen) atoms. The Morgan fingerprint density at radius 2 is 1.88 bits per heavy atom. The highest BCUT2D eigenvalue weighted by atomic mass is 32.1. The summed E-state index contributed by atoms with van der Waals surface area (Å²) >= 11 is 1.60. The molecule has 0 aliphatic heterocycles. The van der Waals surface area contributed by atoms with Gasteiger partial charge in [0.15, 0.2) is 0 Å². The number of hydrogen-bond donors (Lipinski definition) is 0. The SMILES string of the molecule is c1ccc(Oc2ncnc3cscc23)cc1. The maximum atomic E-state index is 5.71. The van der Waals surface area contributed by atoms with E-state index in [0.717, 1.165) is 16.7 Å². The van der Waals surface area contributed by atoms with Gasteiger partial charge in [0.2, 0.25) is 5.88 Å². The van der Waals surface area contributed by atoms with Crippen LogP contribution >= 0.6 is 11.3 Å². The fraction of sp³-hybridized carbons (Fsp3) is 0. The van der Waals surface area contributed by atoms with Gasteiger partial charge >= 0.3 is 0 Å². The summed E-state index contributed by atoms with van der Waals surface area (Å²) in [7, 11) is 0. The zero-order valence-corrected chi connectivity index (χ0v) is 9.15. The summed E-state index contributed by atoms with van der Waals surface area (Å²) in [5.74, 6) is 1.39. The second-order valence-corrected chi connectivity index (χ2v) is 4.01. The molecule has 0 unspecified atom stereocenters. The number of para-hydroxylation sites is 1. The molecule has 0 radical (unpaired) electrons. The second kappa shape index (κ2) is 3.90. The van der Waals surface area contributed by atoms with Crippen molar-refractivity contribution in [1.82, 2.24) is 9.97 Å². The lowest BCUT2D eigenvalue weighted by Crippen LogP contribution is -1.88. The van der Waals surface area contributed by atoms with Crippen molar-refractivity contribution in [3.8, 4) is 11.6 Å². The van der Waals surface area contributed by atoms with Gasteiger partial charge in [-0.05, 0) is 12.1 Å². The maximum Gasteiger partial charge on any atom is 0.231 e. The van der Waals surface area contributed by atoms with Crippen molar-refractivity contribution < 1.29 is 4.74 Å². The van der Waals surface area contributed by atoms with Crippen molar-refractivity contribution >= 4 is 22.2 Å². The number of hydrogen-bond acceptors (Lipinski definition) is 4. The largest absolute Gasteiger partial charge is 0.438 e. The molecule has 0 aliphatic rings. The minimum atomic E-state index is 0.609. The first-order valence-corrected chi connectivity index (χ1v) is 5.77. The lowest BCUT2D eigenvalue weighted by Gasteiger charge is -2.04. The third kappa shape index (κ3) is 1.63. The first kappa shape index (κ1) is 9.30. The van der Waals surface area contributed by atoms with Crippen molar-refractivity contribution in [3.63, 3.8) is 0 Å². The van der Waals surface area contributed by atoms with Crippen LogP contribution in [0.4, 0.5) is 0 Å². The molecule has 0 saturated heterocycles. The fourth-order valence-electron chi connectivity index (χ4n) is 1.44. The lowest BCUT2D eigenvalue weighted by molar-refractivity contribution is 0.468. The molecule has 0 amide bonds. The monoisotopic (exact) mass is 228 g/mol. The van der Waals surface area contributed by atoms with E-state index in [-0.39, 0.29) is 0 Å². The predicted molar refractivity (Wildman–Crippen MR) is 63.9 cm³/mol. The van der Waals surface area contributed by atoms with Crippen LogP contribution in [0.3, 0.4) is 0 Å². The molecule has 0 atom stereocenters. The summed E-state index contributed by atoms with van der Waals surface area (Å²) in [5, 5.41) is 4.93. The Labute approximate surface area is 96.4 Å². The Morgan fingerprint density at radius 3 is 2.75 bits per heavy atom. The van der Waals surface area contributed by atoms with Crippen molar-refractivity contribution in [1.29, 1.82) is 0 Å². The molecule has 0 spiro atoms. The topological polar surface area (TPSA) is 35.0 Å². The molecular weight excluding hydrogens is 220 g/mol. The fourth-order valence-corrected chi connectivity index (χ4v) is 2.19. The van der Waals surface area contributed by atoms with Crippen LogP contribution in [-0.4, -0.2) is 9.97 Å². The minimum Gasteiger partial charge on any atom is -0.438 e. The van der Waals surface area contributed by atoms with Gasteiger partial charge in [-0.25, -0.2) is 9.97 Å². The van der Waals surface area contributed by atoms with E-state index in [1.54, 1.807) is 11.3 Å². The minimum absolute atomic E-state index is 0.609. The number of rotatable bonds is 2. The number of fused-ring (bicyclic) bond motifs is 1. The van der Waals surface area contributed by atoms with Gasteiger partial charge in [0.1, 0.15) is 12.1 Å². The third-order valence-corrected chi connectivity index (χ3v) is 2.93. The average Bonchev–Trinajstić information content (AvgIpc) is 2.80. The van der Waals surface area contributed by atoms with Gasteiger partial charge in [0.05, 0.1) is 10.9 Å². The summed E-state index contributed by atoms with van der Waals surface area (Å²) < 4.78 is 5.71. The van der Waals surface area contributed by atoms with E-state index in [0.29, 0.717) is 5.88 Å². The second-order valence-electron chi connectivity index (χ2n) is 3.26. The van der Waals surface area contributed by atoms with Gasteiger partial charge in [0.25, 0.3) is 0 Å². The van der Waals surface area contributed by atoms with Gasteiger partial charge in [0, 0.05) is 10.8 Å². The van der Waals surface area contributed by atoms with Crippen LogP contribution in [0.1, 0.15) is 0 Å². The third-order valence-electron chi connectivity index (χ3n) is 2.20. The van der Waals surface area contributed by atoms with Gasteiger partial charge < -0.3 is 4.74 Å². The summed E-state index contributed by atoms with van der Waals surface area (Å²) in [6.45, 7) is 0. The molecule has 1 aromatic carbocycles. The average molecular weight is 228 g/mol. The number of nitrogens with zero attached hydrogens (tertiary/aromatic N) is 2. The van der Waals surface area contributed by atoms with E-state index in [2.05, 4.69) is 9.97 Å². The van der Waals surface area contributed by atoms with Crippen LogP contribution in [0.2, 0.25) is 0 Å². The van der Waals surface area contributed by atoms with Gasteiger partial charge in [-0.3, -0.25) is 0 Å². The standard InChI is InChI=1S/C12H8N2OS/c1-2-4-9(5-3-1)15-12-10-6-16-7-11(10)13-8-14-12/h1-8H. The molecular formula is C12H8N2OS. The molecule has 0 aliphatic carbocycles. The summed E-state index contributed by atoms with van der Waals surface area (Å²) in [4.78, 5) is 8.31. The molecule has 2 heterocycles. The first-order valence-electron chi connectivity index (χ1n) is 4.83. The Hall–Kier alpha value is -1.94. The van der Waals surface area contributed by atoms with E-state index >= 15 is 0 Å². The van der Waals surface area contributed by atoms with Crippen LogP contribution in [0.5, 0.6) is 11.6 Å². The van der Waals surface area contributed by atoms with E-state index in [1.807, 2.05) is 41.1 Å². The molecule has 2 aromatic heterocycles. The highest BCUT2D eigenvalue weighted by Crippen LogP contribution is 2.28. The van der Waals surface area contributed by atoms with Crippen LogP contribution in [-0.2, 0) is 0 Å². The smallest absolute Gasteiger partial charge is 0.231 e. The van der Waals surface area contributed by atoms with Gasteiger partial charge in [-0.2, -0.15) is 0 Å². The molecule has 3 aromatic rings.